The Balaban J connectivity index is 1.97. The Kier molecular flexibility index (Phi) is 6.71. The van der Waals surface area contributed by atoms with E-state index < -0.39 is 17.7 Å². The first-order valence-electron chi connectivity index (χ1n) is 9.63. The maximum absolute atomic E-state index is 13.1. The number of aliphatic hydroxyl groups is 1. The number of aliphatic hydroxyl groups excluding tert-OH is 1. The number of hydrogen-bond donors (Lipinski definition) is 1. The largest absolute Gasteiger partial charge is 0.503 e. The molecule has 0 bridgehead atoms. The number of hydrogen-bond acceptors (Lipinski definition) is 6. The third-order valence-corrected chi connectivity index (χ3v) is 5.67. The van der Waals surface area contributed by atoms with Gasteiger partial charge in [-0.25, -0.2) is 0 Å². The number of benzene rings is 1. The second kappa shape index (κ2) is 9.24. The van der Waals surface area contributed by atoms with E-state index in [1.165, 1.54) is 11.3 Å². The number of rotatable bonds is 9. The monoisotopic (exact) mass is 414 g/mol. The Morgan fingerprint density at radius 2 is 1.97 bits per heavy atom. The van der Waals surface area contributed by atoms with Crippen LogP contribution in [0.15, 0.2) is 53.1 Å². The lowest BCUT2D eigenvalue weighted by Gasteiger charge is -2.27. The van der Waals surface area contributed by atoms with Crippen molar-refractivity contribution in [1.29, 1.82) is 0 Å². The Morgan fingerprint density at radius 3 is 2.55 bits per heavy atom. The minimum atomic E-state index is -0.616. The van der Waals surface area contributed by atoms with Gasteiger partial charge in [0.05, 0.1) is 23.1 Å². The maximum Gasteiger partial charge on any atom is 0.290 e. The quantitative estimate of drug-likeness (QED) is 0.634. The number of thiophene rings is 1. The SMILES string of the molecule is CCOc1ccc([C@H]2C(C(=O)c3cccs3)=C(O)C(=O)N2CCCN(C)C)cc1. The first kappa shape index (κ1) is 21.1. The summed E-state index contributed by atoms with van der Waals surface area (Å²) in [7, 11) is 3.94. The van der Waals surface area contributed by atoms with Gasteiger partial charge in [0.15, 0.2) is 5.76 Å². The second-order valence-corrected chi connectivity index (χ2v) is 8.08. The van der Waals surface area contributed by atoms with Crippen molar-refractivity contribution >= 4 is 23.0 Å². The summed E-state index contributed by atoms with van der Waals surface area (Å²) in [5.41, 5.74) is 0.919. The lowest BCUT2D eigenvalue weighted by atomic mass is 9.95. The number of ether oxygens (including phenoxy) is 1. The van der Waals surface area contributed by atoms with E-state index in [1.807, 2.05) is 55.6 Å². The number of ketones is 1. The van der Waals surface area contributed by atoms with Crippen LogP contribution in [-0.4, -0.2) is 60.4 Å². The fraction of sp³-hybridized carbons (Fsp3) is 0.364. The third-order valence-electron chi connectivity index (χ3n) is 4.80. The highest BCUT2D eigenvalue weighted by atomic mass is 32.1. The summed E-state index contributed by atoms with van der Waals surface area (Å²) in [6.07, 6.45) is 0.736. The lowest BCUT2D eigenvalue weighted by molar-refractivity contribution is -0.129. The molecule has 6 nitrogen and oxygen atoms in total. The number of Topliss-reactive ketones (excluding diaryl/α,β-unsaturated/α-hetero) is 1. The van der Waals surface area contributed by atoms with E-state index in [0.29, 0.717) is 18.0 Å². The van der Waals surface area contributed by atoms with Crippen LogP contribution in [0.3, 0.4) is 0 Å². The van der Waals surface area contributed by atoms with Crippen LogP contribution in [0.25, 0.3) is 0 Å². The molecule has 2 heterocycles. The molecule has 0 spiro atoms. The third kappa shape index (κ3) is 4.52. The minimum Gasteiger partial charge on any atom is -0.503 e. The van der Waals surface area contributed by atoms with Crippen LogP contribution in [0, 0.1) is 0 Å². The van der Waals surface area contributed by atoms with Gasteiger partial charge in [-0.1, -0.05) is 18.2 Å². The van der Waals surface area contributed by atoms with Gasteiger partial charge in [0.1, 0.15) is 5.75 Å². The average Bonchev–Trinajstić information content (AvgIpc) is 3.31. The van der Waals surface area contributed by atoms with Crippen molar-refractivity contribution in [3.05, 3.63) is 63.6 Å². The molecule has 1 aliphatic rings. The van der Waals surface area contributed by atoms with Crippen molar-refractivity contribution in [2.45, 2.75) is 19.4 Å². The zero-order valence-corrected chi connectivity index (χ0v) is 17.7. The van der Waals surface area contributed by atoms with Crippen LogP contribution in [0.4, 0.5) is 0 Å². The van der Waals surface area contributed by atoms with Crippen LogP contribution >= 0.6 is 11.3 Å². The van der Waals surface area contributed by atoms with Crippen LogP contribution in [0.5, 0.6) is 5.75 Å². The van der Waals surface area contributed by atoms with Gasteiger partial charge in [-0.3, -0.25) is 9.59 Å². The molecule has 0 unspecified atom stereocenters. The molecule has 0 fully saturated rings. The topological polar surface area (TPSA) is 70.1 Å². The highest BCUT2D eigenvalue weighted by Crippen LogP contribution is 2.40. The molecule has 1 aromatic heterocycles. The normalized spacial score (nSPS) is 16.8. The molecule has 0 saturated carbocycles. The Labute approximate surface area is 175 Å². The molecule has 7 heteroatoms. The summed E-state index contributed by atoms with van der Waals surface area (Å²) in [6, 6.07) is 10.2. The van der Waals surface area contributed by atoms with E-state index in [2.05, 4.69) is 0 Å². The van der Waals surface area contributed by atoms with Gasteiger partial charge in [0.2, 0.25) is 5.78 Å². The van der Waals surface area contributed by atoms with E-state index in [-0.39, 0.29) is 11.4 Å². The molecule has 1 aliphatic heterocycles. The van der Waals surface area contributed by atoms with Crippen molar-refractivity contribution < 1.29 is 19.4 Å². The molecule has 1 amide bonds. The number of carbonyl (C=O) groups is 2. The fourth-order valence-corrected chi connectivity index (χ4v) is 4.15. The number of nitrogens with zero attached hydrogens (tertiary/aromatic N) is 2. The predicted molar refractivity (Wildman–Crippen MR) is 114 cm³/mol. The van der Waals surface area contributed by atoms with Gasteiger partial charge in [0, 0.05) is 6.54 Å². The van der Waals surface area contributed by atoms with Crippen LogP contribution in [0.1, 0.15) is 34.6 Å². The molecule has 1 N–H and O–H groups in total. The fourth-order valence-electron chi connectivity index (χ4n) is 3.47. The number of amides is 1. The molecule has 0 aliphatic carbocycles. The van der Waals surface area contributed by atoms with Gasteiger partial charge in [-0.2, -0.15) is 0 Å². The van der Waals surface area contributed by atoms with Crippen molar-refractivity contribution in [3.63, 3.8) is 0 Å². The van der Waals surface area contributed by atoms with Crippen molar-refractivity contribution in [2.24, 2.45) is 0 Å². The molecule has 1 atom stereocenters. The summed E-state index contributed by atoms with van der Waals surface area (Å²) in [6.45, 7) is 3.71. The molecular formula is C22H26N2O4S. The van der Waals surface area contributed by atoms with E-state index >= 15 is 0 Å². The number of carbonyl (C=O) groups excluding carboxylic acids is 2. The first-order chi connectivity index (χ1) is 13.9. The van der Waals surface area contributed by atoms with Gasteiger partial charge < -0.3 is 19.6 Å². The van der Waals surface area contributed by atoms with E-state index in [0.717, 1.165) is 24.3 Å². The molecule has 1 aromatic carbocycles. The Bertz CT molecular complexity index is 888. The summed E-state index contributed by atoms with van der Waals surface area (Å²) in [5.74, 6) is -0.534. The van der Waals surface area contributed by atoms with Crippen LogP contribution < -0.4 is 4.74 Å². The maximum atomic E-state index is 13.1. The molecular weight excluding hydrogens is 388 g/mol. The van der Waals surface area contributed by atoms with Gasteiger partial charge in [-0.15, -0.1) is 11.3 Å². The van der Waals surface area contributed by atoms with Crippen LogP contribution in [0.2, 0.25) is 0 Å². The summed E-state index contributed by atoms with van der Waals surface area (Å²) >= 11 is 1.30. The second-order valence-electron chi connectivity index (χ2n) is 7.13. The van der Waals surface area contributed by atoms with Gasteiger partial charge in [-0.05, 0) is 63.1 Å². The average molecular weight is 415 g/mol. The van der Waals surface area contributed by atoms with Crippen molar-refractivity contribution in [3.8, 4) is 5.75 Å². The smallest absolute Gasteiger partial charge is 0.290 e. The first-order valence-corrected chi connectivity index (χ1v) is 10.5. The lowest BCUT2D eigenvalue weighted by Crippen LogP contribution is -2.33. The van der Waals surface area contributed by atoms with Crippen molar-refractivity contribution in [2.75, 3.05) is 33.8 Å². The summed E-state index contributed by atoms with van der Waals surface area (Å²) in [5, 5.41) is 12.4. The zero-order valence-electron chi connectivity index (χ0n) is 16.9. The molecule has 3 rings (SSSR count). The van der Waals surface area contributed by atoms with Crippen LogP contribution in [-0.2, 0) is 4.79 Å². The Hall–Kier alpha value is -2.64. The molecule has 2 aromatic rings. The molecule has 29 heavy (non-hydrogen) atoms. The van der Waals surface area contributed by atoms with Gasteiger partial charge in [0.25, 0.3) is 5.91 Å². The zero-order chi connectivity index (χ0) is 21.0. The summed E-state index contributed by atoms with van der Waals surface area (Å²) in [4.78, 5) is 30.1. The predicted octanol–water partition coefficient (Wildman–Crippen LogP) is 3.68. The molecule has 154 valence electrons. The molecule has 0 radical (unpaired) electrons. The van der Waals surface area contributed by atoms with Gasteiger partial charge >= 0.3 is 0 Å². The van der Waals surface area contributed by atoms with E-state index in [4.69, 9.17) is 4.74 Å². The highest BCUT2D eigenvalue weighted by molar-refractivity contribution is 7.12. The van der Waals surface area contributed by atoms with Crippen molar-refractivity contribution in [1.82, 2.24) is 9.80 Å². The molecule has 0 saturated heterocycles. The van der Waals surface area contributed by atoms with E-state index in [1.54, 1.807) is 17.0 Å². The summed E-state index contributed by atoms with van der Waals surface area (Å²) < 4.78 is 5.50. The van der Waals surface area contributed by atoms with E-state index in [9.17, 15) is 14.7 Å². The standard InChI is InChI=1S/C22H26N2O4S/c1-4-28-16-10-8-15(9-11-16)19-18(20(25)17-7-5-14-29-17)21(26)22(27)24(19)13-6-12-23(2)3/h5,7-11,14,19,26H,4,6,12-13H2,1-3H3/t19-/m0/s1. The highest BCUT2D eigenvalue weighted by Gasteiger charge is 2.43. The Morgan fingerprint density at radius 1 is 1.24 bits per heavy atom. The minimum absolute atomic E-state index is 0.145.